The average molecular weight is 384 g/mol. The highest BCUT2D eigenvalue weighted by Crippen LogP contribution is 2.27. The molecule has 2 aromatic carbocycles. The number of aliphatic imine (C=N–C) groups is 1. The van der Waals surface area contributed by atoms with Crippen LogP contribution in [0.1, 0.15) is 18.1 Å². The van der Waals surface area contributed by atoms with Crippen LogP contribution in [0.5, 0.6) is 11.5 Å². The molecule has 0 heterocycles. The topological polar surface area (TPSA) is 84.0 Å². The number of amides is 1. The summed E-state index contributed by atoms with van der Waals surface area (Å²) in [5.41, 5.74) is 2.97. The second kappa shape index (κ2) is 10.8. The van der Waals surface area contributed by atoms with Crippen molar-refractivity contribution in [3.05, 3.63) is 53.6 Å². The summed E-state index contributed by atoms with van der Waals surface area (Å²) in [6, 6.07) is 13.6. The normalized spacial score (nSPS) is 10.9. The smallest absolute Gasteiger partial charge is 0.221 e. The molecule has 28 heavy (non-hydrogen) atoms. The lowest BCUT2D eigenvalue weighted by Crippen LogP contribution is -2.37. The number of nitrogens with zero attached hydrogens (tertiary/aromatic N) is 1. The van der Waals surface area contributed by atoms with Gasteiger partial charge in [0.1, 0.15) is 0 Å². The van der Waals surface area contributed by atoms with E-state index in [4.69, 9.17) is 9.47 Å². The Hall–Kier alpha value is -3.22. The maximum Gasteiger partial charge on any atom is 0.221 e. The van der Waals surface area contributed by atoms with Crippen molar-refractivity contribution < 1.29 is 14.3 Å². The Balaban J connectivity index is 1.84. The molecular weight excluding hydrogens is 356 g/mol. The first kappa shape index (κ1) is 21.1. The Kier molecular flexibility index (Phi) is 8.14. The van der Waals surface area contributed by atoms with Gasteiger partial charge < -0.3 is 25.4 Å². The molecule has 2 aromatic rings. The number of carbonyl (C=O) groups excluding carboxylic acids is 1. The third-order valence-electron chi connectivity index (χ3n) is 4.08. The Labute approximate surface area is 166 Å². The molecule has 0 fully saturated rings. The molecule has 0 atom stereocenters. The van der Waals surface area contributed by atoms with Crippen LogP contribution in [0, 0.1) is 0 Å². The predicted octanol–water partition coefficient (Wildman–Crippen LogP) is 2.57. The minimum atomic E-state index is -0.0854. The standard InChI is InChI=1S/C21H28N4O3/c1-15(26)25-18-7-5-6-17(12-18)14-24-21(22-2)23-11-10-16-8-9-19(27-3)20(13-16)28-4/h5-9,12-13H,10-11,14H2,1-4H3,(H,25,26)(H2,22,23,24). The van der Waals surface area contributed by atoms with Crippen molar-refractivity contribution >= 4 is 17.6 Å². The van der Waals surface area contributed by atoms with Gasteiger partial charge in [0.25, 0.3) is 0 Å². The molecule has 150 valence electrons. The summed E-state index contributed by atoms with van der Waals surface area (Å²) in [5, 5.41) is 9.36. The van der Waals surface area contributed by atoms with Crippen LogP contribution in [0.4, 0.5) is 5.69 Å². The summed E-state index contributed by atoms with van der Waals surface area (Å²) >= 11 is 0. The van der Waals surface area contributed by atoms with E-state index in [2.05, 4.69) is 20.9 Å². The molecule has 0 aliphatic carbocycles. The molecule has 7 heteroatoms. The Bertz CT molecular complexity index is 821. The van der Waals surface area contributed by atoms with Gasteiger partial charge in [-0.2, -0.15) is 0 Å². The number of anilines is 1. The minimum Gasteiger partial charge on any atom is -0.493 e. The zero-order chi connectivity index (χ0) is 20.4. The van der Waals surface area contributed by atoms with Crippen molar-refractivity contribution in [2.24, 2.45) is 4.99 Å². The maximum atomic E-state index is 11.2. The molecule has 0 aromatic heterocycles. The lowest BCUT2D eigenvalue weighted by molar-refractivity contribution is -0.114. The van der Waals surface area contributed by atoms with Gasteiger partial charge in [-0.3, -0.25) is 9.79 Å². The quantitative estimate of drug-likeness (QED) is 0.481. The van der Waals surface area contributed by atoms with Gasteiger partial charge >= 0.3 is 0 Å². The highest BCUT2D eigenvalue weighted by atomic mass is 16.5. The summed E-state index contributed by atoms with van der Waals surface area (Å²) in [6.45, 7) is 2.82. The van der Waals surface area contributed by atoms with Crippen molar-refractivity contribution in [2.45, 2.75) is 19.9 Å². The molecule has 2 rings (SSSR count). The second-order valence-corrected chi connectivity index (χ2v) is 6.17. The monoisotopic (exact) mass is 384 g/mol. The van der Waals surface area contributed by atoms with Gasteiger partial charge in [-0.25, -0.2) is 0 Å². The lowest BCUT2D eigenvalue weighted by Gasteiger charge is -2.13. The summed E-state index contributed by atoms with van der Waals surface area (Å²) in [6.07, 6.45) is 0.819. The number of ether oxygens (including phenoxy) is 2. The molecule has 0 saturated heterocycles. The molecule has 0 aliphatic heterocycles. The van der Waals surface area contributed by atoms with E-state index in [0.717, 1.165) is 41.3 Å². The molecule has 0 spiro atoms. The number of carbonyl (C=O) groups is 1. The van der Waals surface area contributed by atoms with E-state index in [1.54, 1.807) is 21.3 Å². The Morgan fingerprint density at radius 2 is 1.79 bits per heavy atom. The van der Waals surface area contributed by atoms with Crippen molar-refractivity contribution in [1.82, 2.24) is 10.6 Å². The number of methoxy groups -OCH3 is 2. The van der Waals surface area contributed by atoms with Crippen LogP contribution in [0.3, 0.4) is 0 Å². The number of hydrogen-bond donors (Lipinski definition) is 3. The van der Waals surface area contributed by atoms with Crippen molar-refractivity contribution in [3.63, 3.8) is 0 Å². The van der Waals surface area contributed by atoms with E-state index in [0.29, 0.717) is 12.5 Å². The molecule has 0 bridgehead atoms. The van der Waals surface area contributed by atoms with Gasteiger partial charge in [-0.1, -0.05) is 18.2 Å². The van der Waals surface area contributed by atoms with E-state index in [1.807, 2.05) is 42.5 Å². The van der Waals surface area contributed by atoms with Gasteiger partial charge in [0, 0.05) is 32.7 Å². The van der Waals surface area contributed by atoms with Crippen LogP contribution < -0.4 is 25.4 Å². The van der Waals surface area contributed by atoms with E-state index < -0.39 is 0 Å². The highest BCUT2D eigenvalue weighted by Gasteiger charge is 2.05. The van der Waals surface area contributed by atoms with E-state index in [9.17, 15) is 4.79 Å². The number of rotatable bonds is 8. The third kappa shape index (κ3) is 6.50. The van der Waals surface area contributed by atoms with Crippen molar-refractivity contribution in [3.8, 4) is 11.5 Å². The molecule has 0 saturated carbocycles. The Morgan fingerprint density at radius 1 is 1.00 bits per heavy atom. The number of hydrogen-bond acceptors (Lipinski definition) is 4. The van der Waals surface area contributed by atoms with Gasteiger partial charge in [0.05, 0.1) is 14.2 Å². The number of benzene rings is 2. The fourth-order valence-electron chi connectivity index (χ4n) is 2.73. The molecule has 7 nitrogen and oxygen atoms in total. The van der Waals surface area contributed by atoms with Crippen LogP contribution >= 0.6 is 0 Å². The SMILES string of the molecule is CN=C(NCCc1ccc(OC)c(OC)c1)NCc1cccc(NC(C)=O)c1. The van der Waals surface area contributed by atoms with Crippen molar-refractivity contribution in [1.29, 1.82) is 0 Å². The van der Waals surface area contributed by atoms with Gasteiger partial charge in [0.2, 0.25) is 5.91 Å². The van der Waals surface area contributed by atoms with Crippen LogP contribution in [0.15, 0.2) is 47.5 Å². The summed E-state index contributed by atoms with van der Waals surface area (Å²) < 4.78 is 10.6. The fourth-order valence-corrected chi connectivity index (χ4v) is 2.73. The van der Waals surface area contributed by atoms with Gasteiger partial charge in [-0.15, -0.1) is 0 Å². The van der Waals surface area contributed by atoms with Gasteiger partial charge in [-0.05, 0) is 41.8 Å². The number of guanidine groups is 1. The molecule has 0 aliphatic rings. The predicted molar refractivity (Wildman–Crippen MR) is 112 cm³/mol. The largest absolute Gasteiger partial charge is 0.493 e. The van der Waals surface area contributed by atoms with E-state index in [1.165, 1.54) is 6.92 Å². The van der Waals surface area contributed by atoms with E-state index in [-0.39, 0.29) is 5.91 Å². The zero-order valence-electron chi connectivity index (χ0n) is 16.8. The van der Waals surface area contributed by atoms with Crippen molar-refractivity contribution in [2.75, 3.05) is 33.1 Å². The molecule has 1 amide bonds. The molecule has 3 N–H and O–H groups in total. The first-order valence-electron chi connectivity index (χ1n) is 9.07. The van der Waals surface area contributed by atoms with Gasteiger partial charge in [0.15, 0.2) is 17.5 Å². The summed E-state index contributed by atoms with van der Waals surface area (Å²) in [4.78, 5) is 15.4. The first-order valence-corrected chi connectivity index (χ1v) is 9.07. The number of nitrogens with one attached hydrogen (secondary N) is 3. The average Bonchev–Trinajstić information content (AvgIpc) is 2.70. The molecule has 0 radical (unpaired) electrons. The Morgan fingerprint density at radius 3 is 2.46 bits per heavy atom. The summed E-state index contributed by atoms with van der Waals surface area (Å²) in [7, 11) is 4.99. The first-order chi connectivity index (χ1) is 13.5. The highest BCUT2D eigenvalue weighted by molar-refractivity contribution is 5.88. The van der Waals surface area contributed by atoms with E-state index >= 15 is 0 Å². The molecular formula is C21H28N4O3. The minimum absolute atomic E-state index is 0.0854. The second-order valence-electron chi connectivity index (χ2n) is 6.17. The fraction of sp³-hybridized carbons (Fsp3) is 0.333. The zero-order valence-corrected chi connectivity index (χ0v) is 16.8. The summed E-state index contributed by atoms with van der Waals surface area (Å²) in [5.74, 6) is 2.07. The lowest BCUT2D eigenvalue weighted by atomic mass is 10.1. The molecule has 0 unspecified atom stereocenters. The van der Waals surface area contributed by atoms with Crippen LogP contribution in [-0.4, -0.2) is 39.7 Å². The third-order valence-corrected chi connectivity index (χ3v) is 4.08. The van der Waals surface area contributed by atoms with Crippen LogP contribution in [0.25, 0.3) is 0 Å². The van der Waals surface area contributed by atoms with Crippen LogP contribution in [-0.2, 0) is 17.8 Å². The van der Waals surface area contributed by atoms with Crippen LogP contribution in [0.2, 0.25) is 0 Å². The maximum absolute atomic E-state index is 11.2.